The van der Waals surface area contributed by atoms with Crippen LogP contribution in [0.4, 0.5) is 0 Å². The van der Waals surface area contributed by atoms with Crippen molar-refractivity contribution in [1.29, 1.82) is 0 Å². The standard InChI is InChI=1S/C12H15N3S.C2H6/c1-7(2)10-5-11(15-8(3)14-10)12-6-13-9(4)16-12;1-2/h5-7H,1-4H3;1-2H3. The summed E-state index contributed by atoms with van der Waals surface area (Å²) in [6.45, 7) is 12.2. The molecule has 0 saturated carbocycles. The molecule has 0 saturated heterocycles. The molecule has 3 nitrogen and oxygen atoms in total. The summed E-state index contributed by atoms with van der Waals surface area (Å²) < 4.78 is 0. The third-order valence-electron chi connectivity index (χ3n) is 2.32. The summed E-state index contributed by atoms with van der Waals surface area (Å²) in [6.07, 6.45) is 1.88. The molecule has 0 aliphatic rings. The fraction of sp³-hybridized carbons (Fsp3) is 0.500. The van der Waals surface area contributed by atoms with Gasteiger partial charge in [0.25, 0.3) is 0 Å². The van der Waals surface area contributed by atoms with E-state index in [1.54, 1.807) is 11.3 Å². The number of hydrogen-bond acceptors (Lipinski definition) is 4. The Balaban J connectivity index is 0.000000771. The largest absolute Gasteiger partial charge is 0.249 e. The molecular weight excluding hydrogens is 242 g/mol. The third-order valence-corrected chi connectivity index (χ3v) is 3.26. The molecule has 2 heterocycles. The van der Waals surface area contributed by atoms with Crippen molar-refractivity contribution in [2.45, 2.75) is 47.5 Å². The van der Waals surface area contributed by atoms with Gasteiger partial charge in [-0.05, 0) is 25.8 Å². The second-order valence-electron chi connectivity index (χ2n) is 4.12. The first-order valence-electron chi connectivity index (χ1n) is 6.34. The van der Waals surface area contributed by atoms with Gasteiger partial charge in [0.2, 0.25) is 0 Å². The van der Waals surface area contributed by atoms with Crippen LogP contribution in [0.1, 0.15) is 50.1 Å². The van der Waals surface area contributed by atoms with E-state index in [4.69, 9.17) is 0 Å². The van der Waals surface area contributed by atoms with Crippen LogP contribution in [0.25, 0.3) is 10.6 Å². The van der Waals surface area contributed by atoms with Crippen LogP contribution >= 0.6 is 11.3 Å². The van der Waals surface area contributed by atoms with E-state index < -0.39 is 0 Å². The SMILES string of the molecule is CC.Cc1nc(-c2cnc(C)s2)cc(C(C)C)n1. The number of aromatic nitrogens is 3. The summed E-state index contributed by atoms with van der Waals surface area (Å²) in [5.41, 5.74) is 2.08. The zero-order valence-corrected chi connectivity index (χ0v) is 12.8. The molecule has 0 aromatic carbocycles. The first kappa shape index (κ1) is 14.8. The Kier molecular flexibility index (Phi) is 5.41. The van der Waals surface area contributed by atoms with E-state index in [0.29, 0.717) is 5.92 Å². The van der Waals surface area contributed by atoms with Gasteiger partial charge in [-0.3, -0.25) is 0 Å². The maximum atomic E-state index is 4.46. The lowest BCUT2D eigenvalue weighted by Crippen LogP contribution is -1.98. The van der Waals surface area contributed by atoms with Crippen LogP contribution in [0.2, 0.25) is 0 Å². The molecule has 98 valence electrons. The molecule has 0 unspecified atom stereocenters. The Morgan fingerprint density at radius 1 is 1.11 bits per heavy atom. The maximum absolute atomic E-state index is 4.46. The lowest BCUT2D eigenvalue weighted by molar-refractivity contribution is 0.803. The monoisotopic (exact) mass is 263 g/mol. The summed E-state index contributed by atoms with van der Waals surface area (Å²) in [5, 5.41) is 1.07. The molecule has 18 heavy (non-hydrogen) atoms. The predicted octanol–water partition coefficient (Wildman–Crippen LogP) is 4.37. The minimum Gasteiger partial charge on any atom is -0.249 e. The normalized spacial score (nSPS) is 10.2. The second-order valence-corrected chi connectivity index (χ2v) is 5.36. The summed E-state index contributed by atoms with van der Waals surface area (Å²) in [4.78, 5) is 14.3. The van der Waals surface area contributed by atoms with Crippen molar-refractivity contribution in [1.82, 2.24) is 15.0 Å². The molecule has 0 fully saturated rings. The van der Waals surface area contributed by atoms with E-state index in [9.17, 15) is 0 Å². The zero-order chi connectivity index (χ0) is 13.7. The van der Waals surface area contributed by atoms with Gasteiger partial charge in [-0.1, -0.05) is 27.7 Å². The Morgan fingerprint density at radius 3 is 2.28 bits per heavy atom. The van der Waals surface area contributed by atoms with Crippen molar-refractivity contribution in [3.8, 4) is 10.6 Å². The highest BCUT2D eigenvalue weighted by Gasteiger charge is 2.09. The van der Waals surface area contributed by atoms with Crippen molar-refractivity contribution >= 4 is 11.3 Å². The number of nitrogens with zero attached hydrogens (tertiary/aromatic N) is 3. The highest BCUT2D eigenvalue weighted by Crippen LogP contribution is 2.26. The van der Waals surface area contributed by atoms with Gasteiger partial charge in [0, 0.05) is 11.9 Å². The van der Waals surface area contributed by atoms with Crippen LogP contribution in [-0.4, -0.2) is 15.0 Å². The molecule has 4 heteroatoms. The third kappa shape index (κ3) is 3.60. The molecule has 0 spiro atoms. The van der Waals surface area contributed by atoms with E-state index in [1.165, 1.54) is 0 Å². The van der Waals surface area contributed by atoms with Crippen LogP contribution in [0.5, 0.6) is 0 Å². The van der Waals surface area contributed by atoms with Crippen LogP contribution in [0.15, 0.2) is 12.3 Å². The van der Waals surface area contributed by atoms with Crippen molar-refractivity contribution in [2.75, 3.05) is 0 Å². The Bertz CT molecular complexity index is 503. The van der Waals surface area contributed by atoms with Gasteiger partial charge >= 0.3 is 0 Å². The fourth-order valence-electron chi connectivity index (χ4n) is 1.49. The number of rotatable bonds is 2. The van der Waals surface area contributed by atoms with Crippen molar-refractivity contribution in [3.05, 3.63) is 28.8 Å². The predicted molar refractivity (Wildman–Crippen MR) is 78.1 cm³/mol. The fourth-order valence-corrected chi connectivity index (χ4v) is 2.23. The van der Waals surface area contributed by atoms with Gasteiger partial charge in [-0.15, -0.1) is 11.3 Å². The Labute approximate surface area is 113 Å². The Hall–Kier alpha value is -1.29. The minimum absolute atomic E-state index is 0.425. The van der Waals surface area contributed by atoms with Crippen LogP contribution in [0, 0.1) is 13.8 Å². The van der Waals surface area contributed by atoms with Gasteiger partial charge in [0.15, 0.2) is 0 Å². The number of aryl methyl sites for hydroxylation is 2. The maximum Gasteiger partial charge on any atom is 0.126 e. The molecule has 0 aliphatic heterocycles. The first-order valence-corrected chi connectivity index (χ1v) is 7.16. The number of hydrogen-bond donors (Lipinski definition) is 0. The van der Waals surface area contributed by atoms with Gasteiger partial charge in [0.05, 0.1) is 15.6 Å². The average molecular weight is 263 g/mol. The van der Waals surface area contributed by atoms with Gasteiger partial charge in [0.1, 0.15) is 5.82 Å². The summed E-state index contributed by atoms with van der Waals surface area (Å²) in [5.74, 6) is 1.25. The molecule has 0 atom stereocenters. The van der Waals surface area contributed by atoms with E-state index in [1.807, 2.05) is 33.9 Å². The molecule has 0 N–H and O–H groups in total. The lowest BCUT2D eigenvalue weighted by Gasteiger charge is -2.06. The quantitative estimate of drug-likeness (QED) is 0.807. The van der Waals surface area contributed by atoms with Gasteiger partial charge in [-0.25, -0.2) is 15.0 Å². The smallest absolute Gasteiger partial charge is 0.126 e. The molecule has 2 aromatic rings. The molecule has 2 rings (SSSR count). The Morgan fingerprint density at radius 2 is 1.78 bits per heavy atom. The molecule has 0 radical (unpaired) electrons. The van der Waals surface area contributed by atoms with E-state index in [0.717, 1.165) is 27.1 Å². The highest BCUT2D eigenvalue weighted by atomic mass is 32.1. The van der Waals surface area contributed by atoms with Gasteiger partial charge < -0.3 is 0 Å². The zero-order valence-electron chi connectivity index (χ0n) is 12.0. The van der Waals surface area contributed by atoms with Crippen LogP contribution in [-0.2, 0) is 0 Å². The van der Waals surface area contributed by atoms with Crippen molar-refractivity contribution < 1.29 is 0 Å². The summed E-state index contributed by atoms with van der Waals surface area (Å²) in [6, 6.07) is 2.06. The van der Waals surface area contributed by atoms with Crippen molar-refractivity contribution in [3.63, 3.8) is 0 Å². The molecule has 0 aliphatic carbocycles. The number of thiazole rings is 1. The van der Waals surface area contributed by atoms with E-state index in [2.05, 4.69) is 34.9 Å². The molecule has 0 amide bonds. The summed E-state index contributed by atoms with van der Waals surface area (Å²) >= 11 is 1.67. The van der Waals surface area contributed by atoms with Crippen LogP contribution < -0.4 is 0 Å². The average Bonchev–Trinajstić information content (AvgIpc) is 2.78. The highest BCUT2D eigenvalue weighted by molar-refractivity contribution is 7.15. The van der Waals surface area contributed by atoms with Gasteiger partial charge in [-0.2, -0.15) is 0 Å². The lowest BCUT2D eigenvalue weighted by atomic mass is 10.1. The second kappa shape index (κ2) is 6.59. The summed E-state index contributed by atoms with van der Waals surface area (Å²) in [7, 11) is 0. The topological polar surface area (TPSA) is 38.7 Å². The first-order chi connectivity index (χ1) is 8.56. The molecule has 2 aromatic heterocycles. The van der Waals surface area contributed by atoms with E-state index >= 15 is 0 Å². The van der Waals surface area contributed by atoms with Crippen molar-refractivity contribution in [2.24, 2.45) is 0 Å². The molecular formula is C14H21N3S. The molecule has 0 bridgehead atoms. The van der Waals surface area contributed by atoms with E-state index in [-0.39, 0.29) is 0 Å². The van der Waals surface area contributed by atoms with Crippen LogP contribution in [0.3, 0.4) is 0 Å². The minimum atomic E-state index is 0.425.